The Morgan fingerprint density at radius 2 is 1.53 bits per heavy atom. The molecule has 230 valence electrons. The van der Waals surface area contributed by atoms with Crippen molar-refractivity contribution in [2.75, 3.05) is 26.2 Å². The molecule has 0 aliphatic carbocycles. The van der Waals surface area contributed by atoms with Crippen LogP contribution in [0.2, 0.25) is 0 Å². The lowest BCUT2D eigenvalue weighted by atomic mass is 9.72. The van der Waals surface area contributed by atoms with E-state index in [1.165, 1.54) is 17.7 Å². The van der Waals surface area contributed by atoms with Crippen molar-refractivity contribution < 1.29 is 27.5 Å². The lowest BCUT2D eigenvalue weighted by molar-refractivity contribution is -0.145. The van der Waals surface area contributed by atoms with Crippen LogP contribution in [0.15, 0.2) is 78.9 Å². The first-order valence-electron chi connectivity index (χ1n) is 15.2. The quantitative estimate of drug-likeness (QED) is 0.219. The average Bonchev–Trinajstić information content (AvgIpc) is 3.01. The van der Waals surface area contributed by atoms with E-state index in [2.05, 4.69) is 29.3 Å². The second kappa shape index (κ2) is 14.7. The molecular formula is C35H41F3N2O3. The zero-order chi connectivity index (χ0) is 30.9. The third-order valence-corrected chi connectivity index (χ3v) is 8.60. The number of alkyl halides is 3. The number of piperidine rings is 1. The summed E-state index contributed by atoms with van der Waals surface area (Å²) < 4.78 is 44.4. The highest BCUT2D eigenvalue weighted by molar-refractivity contribution is 6.01. The van der Waals surface area contributed by atoms with Crippen molar-refractivity contribution in [3.8, 4) is 11.1 Å². The minimum absolute atomic E-state index is 0.0206. The zero-order valence-corrected chi connectivity index (χ0v) is 25.0. The molecule has 1 amide bonds. The molecule has 4 rings (SSSR count). The summed E-state index contributed by atoms with van der Waals surface area (Å²) in [6, 6.07) is 22.2. The van der Waals surface area contributed by atoms with Crippen LogP contribution in [0.4, 0.5) is 13.2 Å². The number of hydrogen-bond acceptors (Lipinski definition) is 4. The van der Waals surface area contributed by atoms with Crippen molar-refractivity contribution in [1.82, 2.24) is 10.2 Å². The third kappa shape index (κ3) is 8.47. The Balaban J connectivity index is 1.31. The van der Waals surface area contributed by atoms with Crippen LogP contribution in [-0.4, -0.2) is 49.1 Å². The number of benzene rings is 3. The van der Waals surface area contributed by atoms with Crippen LogP contribution >= 0.6 is 0 Å². The molecule has 3 aromatic rings. The second-order valence-electron chi connectivity index (χ2n) is 11.3. The standard InChI is InChI=1S/C35H41F3N2O3/c1-3-34(25-32(41)43-4-2,27-11-6-5-7-12-27)21-10-22-40-23-19-29(20-24-40)39-33(42)31-14-9-8-13-30(31)26-15-17-28(18-16-26)35(36,37)38/h5-9,11-18,29H,3-4,10,19-25H2,1-2H3,(H,39,42). The van der Waals surface area contributed by atoms with E-state index in [1.54, 1.807) is 24.3 Å². The van der Waals surface area contributed by atoms with Crippen molar-refractivity contribution in [2.45, 2.75) is 70.0 Å². The Labute approximate surface area is 252 Å². The number of hydrogen-bond donors (Lipinski definition) is 1. The van der Waals surface area contributed by atoms with Gasteiger partial charge in [-0.2, -0.15) is 13.2 Å². The van der Waals surface area contributed by atoms with Gasteiger partial charge in [0, 0.05) is 30.1 Å². The number of esters is 1. The number of ether oxygens (including phenoxy) is 1. The summed E-state index contributed by atoms with van der Waals surface area (Å²) in [5.74, 6) is -0.381. The minimum atomic E-state index is -4.41. The van der Waals surface area contributed by atoms with Crippen LogP contribution < -0.4 is 5.32 Å². The first-order chi connectivity index (χ1) is 20.6. The largest absolute Gasteiger partial charge is 0.466 e. The Hall–Kier alpha value is -3.65. The number of carbonyl (C=O) groups excluding carboxylic acids is 2. The number of amides is 1. The maximum Gasteiger partial charge on any atom is 0.416 e. The highest BCUT2D eigenvalue weighted by Crippen LogP contribution is 2.37. The number of halogens is 3. The predicted molar refractivity (Wildman–Crippen MR) is 163 cm³/mol. The molecule has 5 nitrogen and oxygen atoms in total. The zero-order valence-electron chi connectivity index (χ0n) is 25.0. The van der Waals surface area contributed by atoms with Gasteiger partial charge in [-0.3, -0.25) is 9.59 Å². The monoisotopic (exact) mass is 594 g/mol. The number of nitrogens with zero attached hydrogens (tertiary/aromatic N) is 1. The van der Waals surface area contributed by atoms with Crippen LogP contribution in [-0.2, 0) is 21.1 Å². The Morgan fingerprint density at radius 1 is 0.884 bits per heavy atom. The van der Waals surface area contributed by atoms with Gasteiger partial charge in [0.25, 0.3) is 5.91 Å². The molecule has 1 heterocycles. The molecule has 1 N–H and O–H groups in total. The summed E-state index contributed by atoms with van der Waals surface area (Å²) in [6.07, 6.45) is 0.252. The van der Waals surface area contributed by atoms with E-state index in [0.29, 0.717) is 29.7 Å². The van der Waals surface area contributed by atoms with Gasteiger partial charge in [0.1, 0.15) is 0 Å². The summed E-state index contributed by atoms with van der Waals surface area (Å²) >= 11 is 0. The van der Waals surface area contributed by atoms with E-state index in [-0.39, 0.29) is 23.3 Å². The third-order valence-electron chi connectivity index (χ3n) is 8.60. The topological polar surface area (TPSA) is 58.6 Å². The van der Waals surface area contributed by atoms with Crippen LogP contribution in [0.25, 0.3) is 11.1 Å². The van der Waals surface area contributed by atoms with Gasteiger partial charge in [-0.1, -0.05) is 67.6 Å². The fourth-order valence-electron chi connectivity index (χ4n) is 6.10. The van der Waals surface area contributed by atoms with E-state index in [1.807, 2.05) is 25.1 Å². The highest BCUT2D eigenvalue weighted by Gasteiger charge is 2.34. The van der Waals surface area contributed by atoms with Gasteiger partial charge in [-0.15, -0.1) is 0 Å². The SMILES string of the molecule is CCOC(=O)CC(CC)(CCCN1CCC(NC(=O)c2ccccc2-c2ccc(C(F)(F)F)cc2)CC1)c1ccccc1. The molecule has 0 bridgehead atoms. The molecule has 43 heavy (non-hydrogen) atoms. The van der Waals surface area contributed by atoms with Crippen LogP contribution in [0.5, 0.6) is 0 Å². The fourth-order valence-corrected chi connectivity index (χ4v) is 6.10. The number of carbonyl (C=O) groups is 2. The van der Waals surface area contributed by atoms with Gasteiger partial charge in [-0.25, -0.2) is 0 Å². The Bertz CT molecular complexity index is 1340. The van der Waals surface area contributed by atoms with Crippen molar-refractivity contribution >= 4 is 11.9 Å². The van der Waals surface area contributed by atoms with Crippen LogP contribution in [0.1, 0.15) is 73.9 Å². The smallest absolute Gasteiger partial charge is 0.416 e. The van der Waals surface area contributed by atoms with Gasteiger partial charge in [-0.05, 0) is 80.5 Å². The van der Waals surface area contributed by atoms with Gasteiger partial charge in [0.2, 0.25) is 0 Å². The normalized spacial score (nSPS) is 15.9. The summed E-state index contributed by atoms with van der Waals surface area (Å²) in [6.45, 7) is 6.96. The molecule has 1 fully saturated rings. The Kier molecular flexibility index (Phi) is 11.0. The van der Waals surface area contributed by atoms with Crippen molar-refractivity contribution in [2.24, 2.45) is 0 Å². The molecule has 0 radical (unpaired) electrons. The maximum absolute atomic E-state index is 13.3. The molecular weight excluding hydrogens is 553 g/mol. The van der Waals surface area contributed by atoms with Gasteiger partial charge < -0.3 is 15.0 Å². The van der Waals surface area contributed by atoms with E-state index >= 15 is 0 Å². The van der Waals surface area contributed by atoms with Gasteiger partial charge >= 0.3 is 12.1 Å². The predicted octanol–water partition coefficient (Wildman–Crippen LogP) is 7.65. The van der Waals surface area contributed by atoms with Gasteiger partial charge in [0.05, 0.1) is 18.6 Å². The van der Waals surface area contributed by atoms with Crippen LogP contribution in [0.3, 0.4) is 0 Å². The molecule has 1 aliphatic rings. The molecule has 1 aliphatic heterocycles. The second-order valence-corrected chi connectivity index (χ2v) is 11.3. The lowest BCUT2D eigenvalue weighted by Crippen LogP contribution is -2.45. The lowest BCUT2D eigenvalue weighted by Gasteiger charge is -2.35. The van der Waals surface area contributed by atoms with Gasteiger partial charge in [0.15, 0.2) is 0 Å². The first-order valence-corrected chi connectivity index (χ1v) is 15.2. The summed E-state index contributed by atoms with van der Waals surface area (Å²) in [5.41, 5.74) is 1.80. The minimum Gasteiger partial charge on any atom is -0.466 e. The fraction of sp³-hybridized carbons (Fsp3) is 0.429. The highest BCUT2D eigenvalue weighted by atomic mass is 19.4. The van der Waals surface area contributed by atoms with E-state index in [4.69, 9.17) is 4.74 Å². The van der Waals surface area contributed by atoms with E-state index in [9.17, 15) is 22.8 Å². The molecule has 0 aromatic heterocycles. The molecule has 1 saturated heterocycles. The molecule has 0 spiro atoms. The molecule has 3 aromatic carbocycles. The van der Waals surface area contributed by atoms with E-state index < -0.39 is 11.7 Å². The number of nitrogens with one attached hydrogen (secondary N) is 1. The molecule has 1 atom stereocenters. The van der Waals surface area contributed by atoms with Crippen molar-refractivity contribution in [3.05, 3.63) is 95.6 Å². The first kappa shape index (κ1) is 32.3. The summed E-state index contributed by atoms with van der Waals surface area (Å²) in [5, 5.41) is 3.15. The summed E-state index contributed by atoms with van der Waals surface area (Å²) in [4.78, 5) is 28.2. The van der Waals surface area contributed by atoms with Crippen LogP contribution in [0, 0.1) is 0 Å². The van der Waals surface area contributed by atoms with Crippen molar-refractivity contribution in [1.29, 1.82) is 0 Å². The molecule has 0 saturated carbocycles. The van der Waals surface area contributed by atoms with Crippen molar-refractivity contribution in [3.63, 3.8) is 0 Å². The average molecular weight is 595 g/mol. The number of rotatable bonds is 12. The molecule has 1 unspecified atom stereocenters. The molecule has 8 heteroatoms. The summed E-state index contributed by atoms with van der Waals surface area (Å²) in [7, 11) is 0. The number of likely N-dealkylation sites (tertiary alicyclic amines) is 1. The van der Waals surface area contributed by atoms with E-state index in [0.717, 1.165) is 63.9 Å². The Morgan fingerprint density at radius 3 is 2.16 bits per heavy atom. The maximum atomic E-state index is 13.3.